The molecule has 0 saturated heterocycles. The van der Waals surface area contributed by atoms with Gasteiger partial charge in [-0.15, -0.1) is 0 Å². The van der Waals surface area contributed by atoms with Crippen LogP contribution in [0.5, 0.6) is 0 Å². The van der Waals surface area contributed by atoms with E-state index < -0.39 is 0 Å². The lowest BCUT2D eigenvalue weighted by atomic mass is 9.95. The summed E-state index contributed by atoms with van der Waals surface area (Å²) in [4.78, 5) is 23.7. The molecule has 1 aliphatic rings. The van der Waals surface area contributed by atoms with Crippen molar-refractivity contribution in [2.75, 3.05) is 5.32 Å². The van der Waals surface area contributed by atoms with Gasteiger partial charge in [0, 0.05) is 30.1 Å². The number of rotatable bonds is 4. The van der Waals surface area contributed by atoms with Crippen LogP contribution in [0, 0.1) is 10.1 Å². The van der Waals surface area contributed by atoms with Gasteiger partial charge in [0.25, 0.3) is 11.2 Å². The average molecular weight is 378 g/mol. The molecule has 1 fully saturated rings. The molecule has 4 rings (SSSR count). The summed E-state index contributed by atoms with van der Waals surface area (Å²) in [7, 11) is 1.59. The number of aryl methyl sites for hydroxylation is 1. The number of fused-ring (bicyclic) bond motifs is 1. The minimum atomic E-state index is -0.362. The van der Waals surface area contributed by atoms with Crippen molar-refractivity contribution in [2.45, 2.75) is 38.1 Å². The molecule has 0 amide bonds. The van der Waals surface area contributed by atoms with E-state index in [9.17, 15) is 14.9 Å². The van der Waals surface area contributed by atoms with E-state index in [1.165, 1.54) is 11.1 Å². The number of aromatic nitrogens is 2. The van der Waals surface area contributed by atoms with Gasteiger partial charge >= 0.3 is 0 Å². The quantitative estimate of drug-likeness (QED) is 0.541. The van der Waals surface area contributed by atoms with Crippen LogP contribution < -0.4 is 10.9 Å². The Balaban J connectivity index is 1.80. The van der Waals surface area contributed by atoms with Crippen LogP contribution in [0.3, 0.4) is 0 Å². The molecule has 2 aromatic carbocycles. The second-order valence-electron chi connectivity index (χ2n) is 7.29. The average Bonchev–Trinajstić information content (AvgIpc) is 2.72. The Kier molecular flexibility index (Phi) is 4.81. The summed E-state index contributed by atoms with van der Waals surface area (Å²) in [5.74, 6) is 0. The van der Waals surface area contributed by atoms with Gasteiger partial charge in [-0.3, -0.25) is 14.9 Å². The van der Waals surface area contributed by atoms with E-state index in [1.807, 2.05) is 18.2 Å². The zero-order valence-electron chi connectivity index (χ0n) is 15.7. The first-order valence-corrected chi connectivity index (χ1v) is 9.56. The Bertz CT molecular complexity index is 1100. The van der Waals surface area contributed by atoms with Gasteiger partial charge in [-0.2, -0.15) is 5.10 Å². The maximum absolute atomic E-state index is 12.3. The largest absolute Gasteiger partial charge is 0.377 e. The van der Waals surface area contributed by atoms with E-state index in [0.717, 1.165) is 25.7 Å². The first kappa shape index (κ1) is 18.2. The molecule has 1 saturated carbocycles. The summed E-state index contributed by atoms with van der Waals surface area (Å²) in [5.41, 5.74) is 1.56. The van der Waals surface area contributed by atoms with Crippen molar-refractivity contribution < 1.29 is 4.92 Å². The van der Waals surface area contributed by atoms with Gasteiger partial charge < -0.3 is 5.32 Å². The lowest BCUT2D eigenvalue weighted by molar-refractivity contribution is -0.383. The highest BCUT2D eigenvalue weighted by molar-refractivity contribution is 5.94. The van der Waals surface area contributed by atoms with E-state index in [0.29, 0.717) is 27.7 Å². The van der Waals surface area contributed by atoms with E-state index in [1.54, 1.807) is 31.3 Å². The third kappa shape index (κ3) is 3.35. The van der Waals surface area contributed by atoms with Gasteiger partial charge in [0.15, 0.2) is 0 Å². The lowest BCUT2D eigenvalue weighted by Crippen LogP contribution is -2.22. The number of nitro groups is 1. The Labute approximate surface area is 162 Å². The number of nitro benzene ring substituents is 1. The van der Waals surface area contributed by atoms with Gasteiger partial charge in [-0.05, 0) is 25.0 Å². The predicted octanol–water partition coefficient (Wildman–Crippen LogP) is 4.25. The van der Waals surface area contributed by atoms with E-state index in [2.05, 4.69) is 10.4 Å². The van der Waals surface area contributed by atoms with Crippen LogP contribution in [0.4, 0.5) is 11.4 Å². The molecule has 3 aromatic rings. The number of hydrogen-bond acceptors (Lipinski definition) is 5. The van der Waals surface area contributed by atoms with Crippen molar-refractivity contribution >= 4 is 22.1 Å². The lowest BCUT2D eigenvalue weighted by Gasteiger charge is -2.23. The highest BCUT2D eigenvalue weighted by Crippen LogP contribution is 2.34. The zero-order chi connectivity index (χ0) is 19.7. The number of nitrogens with zero attached hydrogens (tertiary/aromatic N) is 3. The fourth-order valence-corrected chi connectivity index (χ4v) is 3.93. The number of benzene rings is 2. The Hall–Kier alpha value is -3.22. The van der Waals surface area contributed by atoms with Crippen LogP contribution in [0.15, 0.2) is 47.3 Å². The minimum Gasteiger partial charge on any atom is -0.377 e. The summed E-state index contributed by atoms with van der Waals surface area (Å²) in [6, 6.07) is 12.6. The van der Waals surface area contributed by atoms with Gasteiger partial charge in [0.2, 0.25) is 0 Å². The summed E-state index contributed by atoms with van der Waals surface area (Å²) in [6.07, 6.45) is 5.59. The van der Waals surface area contributed by atoms with E-state index >= 15 is 0 Å². The molecule has 7 nitrogen and oxygen atoms in total. The van der Waals surface area contributed by atoms with Crippen LogP contribution in [-0.2, 0) is 7.05 Å². The standard InChI is InChI=1S/C21H22N4O3/c1-24-21(26)17-10-6-5-9-16(17)20(23-24)14-11-12-18(19(13-14)25(27)28)22-15-7-3-2-4-8-15/h5-6,9-13,15,22H,2-4,7-8H2,1H3. The van der Waals surface area contributed by atoms with Gasteiger partial charge in [-0.25, -0.2) is 4.68 Å². The number of hydrogen-bond donors (Lipinski definition) is 1. The molecule has 1 N–H and O–H groups in total. The first-order chi connectivity index (χ1) is 13.5. The van der Waals surface area contributed by atoms with Gasteiger partial charge in [0.1, 0.15) is 5.69 Å². The summed E-state index contributed by atoms with van der Waals surface area (Å²) in [5, 5.41) is 20.7. The molecule has 7 heteroatoms. The minimum absolute atomic E-state index is 0.0304. The second-order valence-corrected chi connectivity index (χ2v) is 7.29. The van der Waals surface area contributed by atoms with Crippen LogP contribution in [0.25, 0.3) is 22.0 Å². The fourth-order valence-electron chi connectivity index (χ4n) is 3.93. The molecule has 28 heavy (non-hydrogen) atoms. The van der Waals surface area contributed by atoms with Crippen LogP contribution >= 0.6 is 0 Å². The van der Waals surface area contributed by atoms with Crippen LogP contribution in [0.1, 0.15) is 32.1 Å². The van der Waals surface area contributed by atoms with E-state index in [4.69, 9.17) is 0 Å². The van der Waals surface area contributed by atoms with Crippen molar-refractivity contribution in [3.05, 3.63) is 62.9 Å². The second kappa shape index (κ2) is 7.42. The van der Waals surface area contributed by atoms with Crippen molar-refractivity contribution in [2.24, 2.45) is 7.05 Å². The summed E-state index contributed by atoms with van der Waals surface area (Å²) in [6.45, 7) is 0. The third-order valence-corrected chi connectivity index (χ3v) is 5.39. The molecule has 0 spiro atoms. The van der Waals surface area contributed by atoms with Crippen molar-refractivity contribution in [1.29, 1.82) is 0 Å². The maximum Gasteiger partial charge on any atom is 0.292 e. The highest BCUT2D eigenvalue weighted by Gasteiger charge is 2.21. The SMILES string of the molecule is Cn1nc(-c2ccc(NC3CCCCC3)c([N+](=O)[O-])c2)c2ccccc2c1=O. The smallest absolute Gasteiger partial charge is 0.292 e. The Morgan fingerprint density at radius 3 is 2.54 bits per heavy atom. The molecule has 0 bridgehead atoms. The summed E-state index contributed by atoms with van der Waals surface area (Å²) >= 11 is 0. The molecule has 144 valence electrons. The third-order valence-electron chi connectivity index (χ3n) is 5.39. The molecule has 0 aliphatic heterocycles. The maximum atomic E-state index is 12.3. The van der Waals surface area contributed by atoms with Crippen LogP contribution in [0.2, 0.25) is 0 Å². The Morgan fingerprint density at radius 1 is 1.11 bits per heavy atom. The molecule has 0 atom stereocenters. The van der Waals surface area contributed by atoms with E-state index in [-0.39, 0.29) is 22.2 Å². The molecule has 1 aliphatic carbocycles. The van der Waals surface area contributed by atoms with Gasteiger partial charge in [-0.1, -0.05) is 43.5 Å². The zero-order valence-corrected chi connectivity index (χ0v) is 15.7. The van der Waals surface area contributed by atoms with Gasteiger partial charge in [0.05, 0.1) is 16.0 Å². The molecule has 0 radical (unpaired) electrons. The molecular formula is C21H22N4O3. The summed E-state index contributed by atoms with van der Waals surface area (Å²) < 4.78 is 1.28. The molecular weight excluding hydrogens is 356 g/mol. The van der Waals surface area contributed by atoms with Crippen LogP contribution in [-0.4, -0.2) is 20.7 Å². The molecule has 1 aromatic heterocycles. The first-order valence-electron chi connectivity index (χ1n) is 9.56. The molecule has 1 heterocycles. The number of nitrogens with one attached hydrogen (secondary N) is 1. The van der Waals surface area contributed by atoms with Crippen molar-refractivity contribution in [1.82, 2.24) is 9.78 Å². The highest BCUT2D eigenvalue weighted by atomic mass is 16.6. The fraction of sp³-hybridized carbons (Fsp3) is 0.333. The molecule has 0 unspecified atom stereocenters. The van der Waals surface area contributed by atoms with Crippen molar-refractivity contribution in [3.63, 3.8) is 0 Å². The Morgan fingerprint density at radius 2 is 1.82 bits per heavy atom. The van der Waals surface area contributed by atoms with Crippen molar-refractivity contribution in [3.8, 4) is 11.3 Å². The topological polar surface area (TPSA) is 90.1 Å². The monoisotopic (exact) mass is 378 g/mol. The predicted molar refractivity (Wildman–Crippen MR) is 110 cm³/mol. The normalized spacial score (nSPS) is 14.9. The number of anilines is 1.